The van der Waals surface area contributed by atoms with Gasteiger partial charge in [-0.3, -0.25) is 0 Å². The van der Waals surface area contributed by atoms with Crippen LogP contribution in [0.4, 0.5) is 24.5 Å². The molecular weight excluding hydrogens is 297 g/mol. The Morgan fingerprint density at radius 3 is 2.29 bits per heavy atom. The molecule has 2 N–H and O–H groups in total. The number of anilines is 2. The Morgan fingerprint density at radius 1 is 0.905 bits per heavy atom. The highest BCUT2D eigenvalue weighted by Crippen LogP contribution is 2.21. The van der Waals surface area contributed by atoms with E-state index in [1.807, 2.05) is 32.0 Å². The van der Waals surface area contributed by atoms with E-state index in [1.54, 1.807) is 0 Å². The van der Waals surface area contributed by atoms with Crippen LogP contribution >= 0.6 is 12.2 Å². The zero-order valence-corrected chi connectivity index (χ0v) is 12.2. The number of halogens is 3. The summed E-state index contributed by atoms with van der Waals surface area (Å²) in [5.74, 6) is -4.08. The van der Waals surface area contributed by atoms with E-state index < -0.39 is 17.5 Å². The number of hydrogen-bond acceptors (Lipinski definition) is 1. The quantitative estimate of drug-likeness (QED) is 0.629. The third-order valence-electron chi connectivity index (χ3n) is 2.92. The highest BCUT2D eigenvalue weighted by atomic mass is 32.1. The molecule has 2 rings (SSSR count). The molecule has 0 saturated carbocycles. The third kappa shape index (κ3) is 3.52. The van der Waals surface area contributed by atoms with Gasteiger partial charge in [0.2, 0.25) is 0 Å². The van der Waals surface area contributed by atoms with Gasteiger partial charge in [0.05, 0.1) is 5.69 Å². The normalized spacial score (nSPS) is 10.3. The zero-order valence-electron chi connectivity index (χ0n) is 11.4. The van der Waals surface area contributed by atoms with Crippen molar-refractivity contribution in [3.63, 3.8) is 0 Å². The van der Waals surface area contributed by atoms with Crippen LogP contribution in [-0.2, 0) is 0 Å². The van der Waals surface area contributed by atoms with Crippen molar-refractivity contribution in [1.29, 1.82) is 0 Å². The van der Waals surface area contributed by atoms with Gasteiger partial charge in [0.1, 0.15) is 0 Å². The fraction of sp³-hybridized carbons (Fsp3) is 0.133. The van der Waals surface area contributed by atoms with Crippen molar-refractivity contribution >= 4 is 28.7 Å². The zero-order chi connectivity index (χ0) is 15.6. The van der Waals surface area contributed by atoms with Crippen LogP contribution in [0.3, 0.4) is 0 Å². The second-order valence-electron chi connectivity index (χ2n) is 4.62. The predicted octanol–water partition coefficient (Wildman–Crippen LogP) is 4.53. The minimum absolute atomic E-state index is 0.0913. The summed E-state index contributed by atoms with van der Waals surface area (Å²) in [6.07, 6.45) is 0. The minimum atomic E-state index is -1.53. The topological polar surface area (TPSA) is 24.1 Å². The molecule has 0 aromatic heterocycles. The lowest BCUT2D eigenvalue weighted by molar-refractivity contribution is 0.449. The van der Waals surface area contributed by atoms with Crippen molar-refractivity contribution in [2.75, 3.05) is 10.6 Å². The molecule has 21 heavy (non-hydrogen) atoms. The first kappa shape index (κ1) is 15.3. The first-order valence-electron chi connectivity index (χ1n) is 6.17. The number of rotatable bonds is 2. The van der Waals surface area contributed by atoms with Crippen molar-refractivity contribution in [3.05, 3.63) is 58.9 Å². The molecule has 0 aliphatic carbocycles. The van der Waals surface area contributed by atoms with Crippen LogP contribution in [0.15, 0.2) is 30.3 Å². The molecule has 2 aromatic rings. The first-order chi connectivity index (χ1) is 9.88. The van der Waals surface area contributed by atoms with Gasteiger partial charge in [-0.05, 0) is 55.4 Å². The summed E-state index contributed by atoms with van der Waals surface area (Å²) in [4.78, 5) is 0. The molecule has 0 radical (unpaired) electrons. The average molecular weight is 310 g/mol. The van der Waals surface area contributed by atoms with Crippen molar-refractivity contribution < 1.29 is 13.2 Å². The fourth-order valence-corrected chi connectivity index (χ4v) is 1.99. The number of thiocarbonyl (C=S) groups is 1. The standard InChI is InChI=1S/C15H13F3N2S/c1-8-3-4-9(2)12(7-8)20-15(21)19-11-6-5-10(16)13(17)14(11)18/h3-7H,1-2H3,(H2,19,20,21). The Kier molecular flexibility index (Phi) is 4.47. The minimum Gasteiger partial charge on any atom is -0.332 e. The van der Waals surface area contributed by atoms with Gasteiger partial charge in [-0.15, -0.1) is 0 Å². The molecule has 0 bridgehead atoms. The highest BCUT2D eigenvalue weighted by Gasteiger charge is 2.14. The molecule has 0 unspecified atom stereocenters. The highest BCUT2D eigenvalue weighted by molar-refractivity contribution is 7.80. The Balaban J connectivity index is 2.16. The Morgan fingerprint density at radius 2 is 1.57 bits per heavy atom. The molecule has 0 amide bonds. The van der Waals surface area contributed by atoms with Gasteiger partial charge in [0, 0.05) is 5.69 Å². The van der Waals surface area contributed by atoms with Crippen LogP contribution in [0.25, 0.3) is 0 Å². The van der Waals surface area contributed by atoms with Crippen LogP contribution in [0.2, 0.25) is 0 Å². The maximum Gasteiger partial charge on any atom is 0.196 e. The van der Waals surface area contributed by atoms with Crippen molar-refractivity contribution in [3.8, 4) is 0 Å². The number of aryl methyl sites for hydroxylation is 2. The van der Waals surface area contributed by atoms with Crippen LogP contribution < -0.4 is 10.6 Å². The van der Waals surface area contributed by atoms with Crippen LogP contribution in [0.1, 0.15) is 11.1 Å². The summed E-state index contributed by atoms with van der Waals surface area (Å²) >= 11 is 5.05. The van der Waals surface area contributed by atoms with E-state index in [0.717, 1.165) is 28.9 Å². The van der Waals surface area contributed by atoms with E-state index in [9.17, 15) is 13.2 Å². The van der Waals surface area contributed by atoms with Gasteiger partial charge in [-0.2, -0.15) is 0 Å². The van der Waals surface area contributed by atoms with Crippen molar-refractivity contribution in [1.82, 2.24) is 0 Å². The lowest BCUT2D eigenvalue weighted by Crippen LogP contribution is -2.20. The summed E-state index contributed by atoms with van der Waals surface area (Å²) in [7, 11) is 0. The van der Waals surface area contributed by atoms with Crippen LogP contribution in [0, 0.1) is 31.3 Å². The Bertz CT molecular complexity index is 702. The van der Waals surface area contributed by atoms with E-state index in [0.29, 0.717) is 0 Å². The average Bonchev–Trinajstić information content (AvgIpc) is 2.43. The second-order valence-corrected chi connectivity index (χ2v) is 5.03. The lowest BCUT2D eigenvalue weighted by Gasteiger charge is -2.14. The van der Waals surface area contributed by atoms with E-state index in [-0.39, 0.29) is 10.8 Å². The van der Waals surface area contributed by atoms with E-state index in [1.165, 1.54) is 0 Å². The molecule has 0 fully saturated rings. The van der Waals surface area contributed by atoms with E-state index >= 15 is 0 Å². The van der Waals surface area contributed by atoms with Crippen molar-refractivity contribution in [2.45, 2.75) is 13.8 Å². The number of nitrogens with one attached hydrogen (secondary N) is 2. The molecule has 0 heterocycles. The smallest absolute Gasteiger partial charge is 0.196 e. The summed E-state index contributed by atoms with van der Waals surface area (Å²) in [5, 5.41) is 5.50. The Hall–Kier alpha value is -2.08. The summed E-state index contributed by atoms with van der Waals surface area (Å²) in [5.41, 5.74) is 2.52. The number of benzene rings is 2. The van der Waals surface area contributed by atoms with Gasteiger partial charge >= 0.3 is 0 Å². The molecule has 0 aliphatic rings. The van der Waals surface area contributed by atoms with Gasteiger partial charge in [-0.1, -0.05) is 12.1 Å². The summed E-state index contributed by atoms with van der Waals surface area (Å²) in [6, 6.07) is 7.67. The second kappa shape index (κ2) is 6.13. The first-order valence-corrected chi connectivity index (χ1v) is 6.58. The SMILES string of the molecule is Cc1ccc(C)c(NC(=S)Nc2ccc(F)c(F)c2F)c1. The molecule has 2 aromatic carbocycles. The molecule has 6 heteroatoms. The van der Waals surface area contributed by atoms with E-state index in [2.05, 4.69) is 10.6 Å². The third-order valence-corrected chi connectivity index (χ3v) is 3.13. The Labute approximate surface area is 126 Å². The predicted molar refractivity (Wildman–Crippen MR) is 82.1 cm³/mol. The van der Waals surface area contributed by atoms with Gasteiger partial charge in [-0.25, -0.2) is 13.2 Å². The summed E-state index contributed by atoms with van der Waals surface area (Å²) < 4.78 is 39.5. The molecular formula is C15H13F3N2S. The molecule has 110 valence electrons. The maximum atomic E-state index is 13.5. The molecule has 0 saturated heterocycles. The molecule has 0 spiro atoms. The van der Waals surface area contributed by atoms with E-state index in [4.69, 9.17) is 12.2 Å². The molecule has 0 atom stereocenters. The fourth-order valence-electron chi connectivity index (χ4n) is 1.77. The largest absolute Gasteiger partial charge is 0.332 e. The molecule has 0 aliphatic heterocycles. The van der Waals surface area contributed by atoms with Crippen molar-refractivity contribution in [2.24, 2.45) is 0 Å². The van der Waals surface area contributed by atoms with Crippen LogP contribution in [-0.4, -0.2) is 5.11 Å². The van der Waals surface area contributed by atoms with Crippen LogP contribution in [0.5, 0.6) is 0 Å². The monoisotopic (exact) mass is 310 g/mol. The van der Waals surface area contributed by atoms with Gasteiger partial charge in [0.25, 0.3) is 0 Å². The lowest BCUT2D eigenvalue weighted by atomic mass is 10.1. The maximum absolute atomic E-state index is 13.5. The van der Waals surface area contributed by atoms with Gasteiger partial charge in [0.15, 0.2) is 22.6 Å². The van der Waals surface area contributed by atoms with Gasteiger partial charge < -0.3 is 10.6 Å². The molecule has 2 nitrogen and oxygen atoms in total. The summed E-state index contributed by atoms with van der Waals surface area (Å²) in [6.45, 7) is 3.82. The number of hydrogen-bond donors (Lipinski definition) is 2.